The number of hydrogen-bond acceptors (Lipinski definition) is 7. The second kappa shape index (κ2) is 8.10. The molecule has 1 aliphatic carbocycles. The molecule has 8 nitrogen and oxygen atoms in total. The molecule has 4 aromatic rings. The van der Waals surface area contributed by atoms with Crippen LogP contribution in [0, 0.1) is 11.3 Å². The number of ketones is 1. The van der Waals surface area contributed by atoms with E-state index in [1.54, 1.807) is 36.9 Å². The van der Waals surface area contributed by atoms with E-state index < -0.39 is 9.84 Å². The second-order valence-electron chi connectivity index (χ2n) is 8.86. The Hall–Kier alpha value is -3.90. The molecule has 0 amide bonds. The van der Waals surface area contributed by atoms with Crippen molar-refractivity contribution in [1.82, 2.24) is 19.5 Å². The molecular formula is C26H23N5O3S. The maximum atomic E-state index is 13.1. The van der Waals surface area contributed by atoms with Crippen molar-refractivity contribution in [2.24, 2.45) is 7.05 Å². The molecule has 0 N–H and O–H groups in total. The SMILES string of the molecule is CCS(=O)(=O)c1cc(-c2ccc(C3(C#N)CC3)cc2)cnc1-c1nc2cc(C(C)=O)cnc2n1C. The Morgan fingerprint density at radius 2 is 1.83 bits per heavy atom. The van der Waals surface area contributed by atoms with Gasteiger partial charge in [-0.3, -0.25) is 9.78 Å². The Morgan fingerprint density at radius 1 is 1.11 bits per heavy atom. The Labute approximate surface area is 203 Å². The van der Waals surface area contributed by atoms with Crippen molar-refractivity contribution in [3.63, 3.8) is 0 Å². The van der Waals surface area contributed by atoms with Crippen molar-refractivity contribution in [2.45, 2.75) is 37.0 Å². The van der Waals surface area contributed by atoms with Crippen LogP contribution in [-0.4, -0.2) is 39.5 Å². The summed E-state index contributed by atoms with van der Waals surface area (Å²) in [7, 11) is -1.90. The van der Waals surface area contributed by atoms with E-state index in [-0.39, 0.29) is 27.5 Å². The van der Waals surface area contributed by atoms with Gasteiger partial charge in [0.2, 0.25) is 0 Å². The van der Waals surface area contributed by atoms with Crippen molar-refractivity contribution < 1.29 is 13.2 Å². The first kappa shape index (κ1) is 22.9. The summed E-state index contributed by atoms with van der Waals surface area (Å²) in [6, 6.07) is 13.3. The monoisotopic (exact) mass is 485 g/mol. The number of nitriles is 1. The zero-order valence-corrected chi connectivity index (χ0v) is 20.4. The number of carbonyl (C=O) groups is 1. The molecule has 1 fully saturated rings. The minimum absolute atomic E-state index is 0.0856. The first-order chi connectivity index (χ1) is 16.7. The predicted octanol–water partition coefficient (Wildman–Crippen LogP) is 4.25. The number of Topliss-reactive ketones (excluding diaryl/α,β-unsaturated/α-hetero) is 1. The number of sulfone groups is 1. The molecular weight excluding hydrogens is 462 g/mol. The summed E-state index contributed by atoms with van der Waals surface area (Å²) < 4.78 is 27.9. The minimum atomic E-state index is -3.64. The first-order valence-electron chi connectivity index (χ1n) is 11.3. The lowest BCUT2D eigenvalue weighted by molar-refractivity contribution is 0.101. The lowest BCUT2D eigenvalue weighted by Gasteiger charge is -2.12. The number of pyridine rings is 2. The van der Waals surface area contributed by atoms with Gasteiger partial charge in [0, 0.05) is 30.6 Å². The molecule has 3 heterocycles. The highest BCUT2D eigenvalue weighted by Gasteiger charge is 2.44. The lowest BCUT2D eigenvalue weighted by Crippen LogP contribution is -2.09. The quantitative estimate of drug-likeness (QED) is 0.375. The number of fused-ring (bicyclic) bond motifs is 1. The van der Waals surface area contributed by atoms with E-state index in [1.807, 2.05) is 24.3 Å². The zero-order chi connectivity index (χ0) is 25.0. The van der Waals surface area contributed by atoms with Crippen LogP contribution >= 0.6 is 0 Å². The number of aryl methyl sites for hydroxylation is 1. The van der Waals surface area contributed by atoms with Crippen molar-refractivity contribution in [3.8, 4) is 28.7 Å². The van der Waals surface area contributed by atoms with Gasteiger partial charge in [-0.1, -0.05) is 31.2 Å². The molecule has 0 atom stereocenters. The third kappa shape index (κ3) is 3.80. The third-order valence-corrected chi connectivity index (χ3v) is 8.37. The van der Waals surface area contributed by atoms with E-state index in [0.29, 0.717) is 28.1 Å². The van der Waals surface area contributed by atoms with E-state index in [1.165, 1.54) is 13.1 Å². The summed E-state index contributed by atoms with van der Waals surface area (Å²) in [5, 5.41) is 9.45. The second-order valence-corrected chi connectivity index (χ2v) is 11.1. The van der Waals surface area contributed by atoms with Gasteiger partial charge >= 0.3 is 0 Å². The molecule has 1 saturated carbocycles. The molecule has 1 aromatic carbocycles. The van der Waals surface area contributed by atoms with E-state index in [2.05, 4.69) is 21.0 Å². The highest BCUT2D eigenvalue weighted by Crippen LogP contribution is 2.47. The van der Waals surface area contributed by atoms with Gasteiger partial charge in [-0.15, -0.1) is 0 Å². The Bertz CT molecular complexity index is 1640. The van der Waals surface area contributed by atoms with Gasteiger partial charge in [0.15, 0.2) is 27.1 Å². The van der Waals surface area contributed by atoms with Gasteiger partial charge in [0.1, 0.15) is 11.2 Å². The van der Waals surface area contributed by atoms with E-state index in [9.17, 15) is 18.5 Å². The van der Waals surface area contributed by atoms with Crippen LogP contribution in [0.4, 0.5) is 0 Å². The number of aromatic nitrogens is 4. The number of hydrogen-bond donors (Lipinski definition) is 0. The van der Waals surface area contributed by atoms with Gasteiger partial charge in [0.25, 0.3) is 0 Å². The summed E-state index contributed by atoms with van der Waals surface area (Å²) in [5.41, 5.74) is 3.75. The van der Waals surface area contributed by atoms with Crippen molar-refractivity contribution in [3.05, 3.63) is 59.9 Å². The predicted molar refractivity (Wildman–Crippen MR) is 131 cm³/mol. The fourth-order valence-electron chi connectivity index (χ4n) is 4.22. The topological polar surface area (TPSA) is 119 Å². The average molecular weight is 486 g/mol. The van der Waals surface area contributed by atoms with Gasteiger partial charge in [-0.25, -0.2) is 18.4 Å². The molecule has 5 rings (SSSR count). The van der Waals surface area contributed by atoms with Crippen LogP contribution in [0.5, 0.6) is 0 Å². The maximum absolute atomic E-state index is 13.1. The van der Waals surface area contributed by atoms with Crippen LogP contribution in [0.3, 0.4) is 0 Å². The summed E-state index contributed by atoms with van der Waals surface area (Å²) in [4.78, 5) is 25.3. The standard InChI is InChI=1S/C26H23N5O3S/c1-4-35(33,34)22-12-19(17-5-7-20(8-6-17)26(15-27)9-10-26)14-28-23(22)25-30-21-11-18(16(2)32)13-29-24(21)31(25)3/h5-8,11-14H,4,9-10H2,1-3H3. The smallest absolute Gasteiger partial charge is 0.180 e. The summed E-state index contributed by atoms with van der Waals surface area (Å²) in [6.07, 6.45) is 4.83. The number of nitrogens with zero attached hydrogens (tertiary/aromatic N) is 5. The molecule has 176 valence electrons. The number of benzene rings is 1. The van der Waals surface area contributed by atoms with Gasteiger partial charge in [-0.05, 0) is 43.0 Å². The third-order valence-electron chi connectivity index (χ3n) is 6.63. The summed E-state index contributed by atoms with van der Waals surface area (Å²) in [6.45, 7) is 3.05. The number of imidazole rings is 1. The van der Waals surface area contributed by atoms with Crippen molar-refractivity contribution in [1.29, 1.82) is 5.26 Å². The minimum Gasteiger partial charge on any atom is -0.310 e. The van der Waals surface area contributed by atoms with Crippen LogP contribution < -0.4 is 0 Å². The van der Waals surface area contributed by atoms with Crippen LogP contribution in [0.1, 0.15) is 42.6 Å². The molecule has 0 aliphatic heterocycles. The molecule has 0 unspecified atom stereocenters. The fraction of sp³-hybridized carbons (Fsp3) is 0.269. The van der Waals surface area contributed by atoms with Crippen LogP contribution in [0.25, 0.3) is 33.8 Å². The number of carbonyl (C=O) groups excluding carboxylic acids is 1. The highest BCUT2D eigenvalue weighted by molar-refractivity contribution is 7.91. The van der Waals surface area contributed by atoms with Crippen LogP contribution in [0.2, 0.25) is 0 Å². The number of rotatable bonds is 6. The Morgan fingerprint density at radius 3 is 2.43 bits per heavy atom. The first-order valence-corrected chi connectivity index (χ1v) is 12.9. The van der Waals surface area contributed by atoms with Crippen LogP contribution in [0.15, 0.2) is 53.7 Å². The highest BCUT2D eigenvalue weighted by atomic mass is 32.2. The molecule has 0 bridgehead atoms. The van der Waals surface area contributed by atoms with E-state index in [4.69, 9.17) is 0 Å². The summed E-state index contributed by atoms with van der Waals surface area (Å²) >= 11 is 0. The Kier molecular flexibility index (Phi) is 5.29. The molecule has 35 heavy (non-hydrogen) atoms. The molecule has 1 aliphatic rings. The van der Waals surface area contributed by atoms with Crippen LogP contribution in [-0.2, 0) is 22.3 Å². The largest absolute Gasteiger partial charge is 0.310 e. The molecule has 9 heteroatoms. The Balaban J connectivity index is 1.64. The maximum Gasteiger partial charge on any atom is 0.180 e. The summed E-state index contributed by atoms with van der Waals surface area (Å²) in [5.74, 6) is 0.134. The van der Waals surface area contributed by atoms with Crippen molar-refractivity contribution >= 4 is 26.8 Å². The normalized spacial score (nSPS) is 14.6. The van der Waals surface area contributed by atoms with Gasteiger partial charge in [-0.2, -0.15) is 5.26 Å². The lowest BCUT2D eigenvalue weighted by atomic mass is 9.95. The van der Waals surface area contributed by atoms with Gasteiger partial charge < -0.3 is 4.57 Å². The molecule has 0 spiro atoms. The average Bonchev–Trinajstić information content (AvgIpc) is 3.61. The van der Waals surface area contributed by atoms with E-state index in [0.717, 1.165) is 24.0 Å². The van der Waals surface area contributed by atoms with Crippen molar-refractivity contribution in [2.75, 3.05) is 5.75 Å². The fourth-order valence-corrected chi connectivity index (χ4v) is 5.27. The molecule has 3 aromatic heterocycles. The zero-order valence-electron chi connectivity index (χ0n) is 19.6. The van der Waals surface area contributed by atoms with E-state index >= 15 is 0 Å². The molecule has 0 radical (unpaired) electrons. The molecule has 0 saturated heterocycles. The van der Waals surface area contributed by atoms with Gasteiger partial charge in [0.05, 0.1) is 22.1 Å².